The monoisotopic (exact) mass is 357 g/mol. The van der Waals surface area contributed by atoms with E-state index in [9.17, 15) is 9.59 Å². The Morgan fingerprint density at radius 2 is 1.72 bits per heavy atom. The largest absolute Gasteiger partial charge is 0.326 e. The van der Waals surface area contributed by atoms with Crippen molar-refractivity contribution in [2.75, 3.05) is 5.32 Å². The summed E-state index contributed by atoms with van der Waals surface area (Å²) in [6, 6.07) is 14.8. The lowest BCUT2D eigenvalue weighted by Gasteiger charge is -2.08. The number of rotatable bonds is 6. The third kappa shape index (κ3) is 6.04. The van der Waals surface area contributed by atoms with Crippen molar-refractivity contribution in [2.45, 2.75) is 26.7 Å². The zero-order chi connectivity index (χ0) is 18.2. The number of nitrogens with one attached hydrogen (secondary N) is 2. The van der Waals surface area contributed by atoms with Crippen LogP contribution in [-0.2, 0) is 9.59 Å². The van der Waals surface area contributed by atoms with Crippen molar-refractivity contribution in [1.82, 2.24) is 5.43 Å². The summed E-state index contributed by atoms with van der Waals surface area (Å²) in [6.45, 7) is 3.67. The van der Waals surface area contributed by atoms with Crippen LogP contribution in [0.5, 0.6) is 0 Å². The molecule has 0 aliphatic heterocycles. The Kier molecular flexibility index (Phi) is 6.71. The molecule has 0 aliphatic rings. The molecule has 130 valence electrons. The van der Waals surface area contributed by atoms with Gasteiger partial charge in [-0.2, -0.15) is 5.10 Å². The Morgan fingerprint density at radius 1 is 1.04 bits per heavy atom. The second-order valence-corrected chi connectivity index (χ2v) is 6.04. The molecule has 5 nitrogen and oxygen atoms in total. The number of anilines is 1. The summed E-state index contributed by atoms with van der Waals surface area (Å²) in [7, 11) is 0. The number of aryl methyl sites for hydroxylation is 1. The zero-order valence-corrected chi connectivity index (χ0v) is 14.9. The smallest absolute Gasteiger partial charge is 0.240 e. The number of amides is 2. The quantitative estimate of drug-likeness (QED) is 0.607. The molecule has 0 unspecified atom stereocenters. The number of carbonyl (C=O) groups excluding carboxylic acids is 2. The van der Waals surface area contributed by atoms with Crippen molar-refractivity contribution in [3.05, 3.63) is 64.7 Å². The molecule has 2 N–H and O–H groups in total. The van der Waals surface area contributed by atoms with Gasteiger partial charge in [0, 0.05) is 23.6 Å². The van der Waals surface area contributed by atoms with E-state index in [-0.39, 0.29) is 24.7 Å². The van der Waals surface area contributed by atoms with Crippen LogP contribution in [0, 0.1) is 6.92 Å². The second-order valence-electron chi connectivity index (χ2n) is 5.61. The molecule has 2 aromatic rings. The molecule has 0 saturated heterocycles. The first-order chi connectivity index (χ1) is 12.0. The SMILES string of the molecule is C/C(=N/NC(=O)CCC(=O)Nc1ccc(Cl)cc1C)c1ccccc1. The fourth-order valence-corrected chi connectivity index (χ4v) is 2.38. The van der Waals surface area contributed by atoms with Crippen LogP contribution in [-0.4, -0.2) is 17.5 Å². The van der Waals surface area contributed by atoms with Crippen LogP contribution in [0.3, 0.4) is 0 Å². The normalized spacial score (nSPS) is 11.1. The minimum absolute atomic E-state index is 0.0596. The summed E-state index contributed by atoms with van der Waals surface area (Å²) < 4.78 is 0. The van der Waals surface area contributed by atoms with Crippen LogP contribution >= 0.6 is 11.6 Å². The standard InChI is InChI=1S/C19H20ClN3O2/c1-13-12-16(20)8-9-17(13)21-18(24)10-11-19(25)23-22-14(2)15-6-4-3-5-7-15/h3-9,12H,10-11H2,1-2H3,(H,21,24)(H,23,25)/b22-14-. The maximum Gasteiger partial charge on any atom is 0.240 e. The Labute approximate surface area is 152 Å². The summed E-state index contributed by atoms with van der Waals surface area (Å²) in [5.41, 5.74) is 5.66. The van der Waals surface area contributed by atoms with Crippen LogP contribution in [0.15, 0.2) is 53.6 Å². The van der Waals surface area contributed by atoms with E-state index in [1.165, 1.54) is 0 Å². The van der Waals surface area contributed by atoms with Gasteiger partial charge in [-0.1, -0.05) is 41.9 Å². The highest BCUT2D eigenvalue weighted by Crippen LogP contribution is 2.19. The van der Waals surface area contributed by atoms with Gasteiger partial charge in [-0.3, -0.25) is 9.59 Å². The summed E-state index contributed by atoms with van der Waals surface area (Å²) in [5.74, 6) is -0.539. The van der Waals surface area contributed by atoms with Crippen LogP contribution in [0.25, 0.3) is 0 Å². The predicted molar refractivity (Wildman–Crippen MR) is 101 cm³/mol. The van der Waals surface area contributed by atoms with Gasteiger partial charge in [-0.15, -0.1) is 0 Å². The zero-order valence-electron chi connectivity index (χ0n) is 14.2. The molecule has 0 spiro atoms. The van der Waals surface area contributed by atoms with Crippen LogP contribution in [0.4, 0.5) is 5.69 Å². The van der Waals surface area contributed by atoms with Gasteiger partial charge < -0.3 is 5.32 Å². The highest BCUT2D eigenvalue weighted by atomic mass is 35.5. The lowest BCUT2D eigenvalue weighted by atomic mass is 10.1. The number of nitrogens with zero attached hydrogens (tertiary/aromatic N) is 1. The van der Waals surface area contributed by atoms with E-state index in [0.29, 0.717) is 16.4 Å². The molecular weight excluding hydrogens is 338 g/mol. The van der Waals surface area contributed by atoms with Gasteiger partial charge in [0.15, 0.2) is 0 Å². The first-order valence-electron chi connectivity index (χ1n) is 7.90. The van der Waals surface area contributed by atoms with Crippen molar-refractivity contribution in [1.29, 1.82) is 0 Å². The van der Waals surface area contributed by atoms with Gasteiger partial charge in [0.25, 0.3) is 0 Å². The fourth-order valence-electron chi connectivity index (χ4n) is 2.15. The number of hydrazone groups is 1. The average molecular weight is 358 g/mol. The number of benzene rings is 2. The number of halogens is 1. The Morgan fingerprint density at radius 3 is 2.40 bits per heavy atom. The molecule has 0 fully saturated rings. The van der Waals surface area contributed by atoms with Crippen molar-refractivity contribution >= 4 is 34.8 Å². The molecule has 0 radical (unpaired) electrons. The molecule has 2 rings (SSSR count). The van der Waals surface area contributed by atoms with Crippen LogP contribution in [0.1, 0.15) is 30.9 Å². The molecule has 25 heavy (non-hydrogen) atoms. The van der Waals surface area contributed by atoms with Crippen molar-refractivity contribution < 1.29 is 9.59 Å². The minimum Gasteiger partial charge on any atom is -0.326 e. The molecule has 0 aliphatic carbocycles. The Hall–Kier alpha value is -2.66. The molecule has 0 saturated carbocycles. The van der Waals surface area contributed by atoms with E-state index < -0.39 is 0 Å². The maximum absolute atomic E-state index is 12.0. The highest BCUT2D eigenvalue weighted by Gasteiger charge is 2.08. The lowest BCUT2D eigenvalue weighted by molar-refractivity contribution is -0.124. The van der Waals surface area contributed by atoms with E-state index >= 15 is 0 Å². The molecule has 2 aromatic carbocycles. The summed E-state index contributed by atoms with van der Waals surface area (Å²) in [6.07, 6.45) is 0.137. The topological polar surface area (TPSA) is 70.6 Å². The van der Waals surface area contributed by atoms with Gasteiger partial charge in [-0.05, 0) is 43.2 Å². The molecule has 0 heterocycles. The third-order valence-electron chi connectivity index (χ3n) is 3.58. The summed E-state index contributed by atoms with van der Waals surface area (Å²) in [5, 5.41) is 7.43. The van der Waals surface area contributed by atoms with E-state index in [2.05, 4.69) is 15.8 Å². The second kappa shape index (κ2) is 8.99. The highest BCUT2D eigenvalue weighted by molar-refractivity contribution is 6.30. The van der Waals surface area contributed by atoms with Gasteiger partial charge in [0.2, 0.25) is 11.8 Å². The Bertz CT molecular complexity index is 789. The van der Waals surface area contributed by atoms with Gasteiger partial charge in [0.05, 0.1) is 5.71 Å². The molecule has 6 heteroatoms. The maximum atomic E-state index is 12.0. The first kappa shape index (κ1) is 18.7. The predicted octanol–water partition coefficient (Wildman–Crippen LogP) is 3.91. The van der Waals surface area contributed by atoms with Crippen LogP contribution in [0.2, 0.25) is 5.02 Å². The molecular formula is C19H20ClN3O2. The number of hydrogen-bond donors (Lipinski definition) is 2. The van der Waals surface area contributed by atoms with Gasteiger partial charge >= 0.3 is 0 Å². The van der Waals surface area contributed by atoms with Gasteiger partial charge in [-0.25, -0.2) is 5.43 Å². The minimum atomic E-state index is -0.307. The molecule has 0 aromatic heterocycles. The van der Waals surface area contributed by atoms with E-state index in [1.807, 2.05) is 44.2 Å². The van der Waals surface area contributed by atoms with Crippen molar-refractivity contribution in [3.8, 4) is 0 Å². The molecule has 0 bridgehead atoms. The lowest BCUT2D eigenvalue weighted by Crippen LogP contribution is -2.22. The molecule has 0 atom stereocenters. The number of carbonyl (C=O) groups is 2. The van der Waals surface area contributed by atoms with Crippen molar-refractivity contribution in [3.63, 3.8) is 0 Å². The third-order valence-corrected chi connectivity index (χ3v) is 3.82. The first-order valence-corrected chi connectivity index (χ1v) is 8.28. The average Bonchev–Trinajstić information content (AvgIpc) is 2.61. The van der Waals surface area contributed by atoms with Crippen LogP contribution < -0.4 is 10.7 Å². The fraction of sp³-hybridized carbons (Fsp3) is 0.211. The molecule has 2 amide bonds. The number of hydrogen-bond acceptors (Lipinski definition) is 3. The van der Waals surface area contributed by atoms with E-state index in [4.69, 9.17) is 11.6 Å². The van der Waals surface area contributed by atoms with Gasteiger partial charge in [0.1, 0.15) is 0 Å². The van der Waals surface area contributed by atoms with E-state index in [1.54, 1.807) is 18.2 Å². The Balaban J connectivity index is 1.80. The van der Waals surface area contributed by atoms with Crippen molar-refractivity contribution in [2.24, 2.45) is 5.10 Å². The summed E-state index contributed by atoms with van der Waals surface area (Å²) >= 11 is 5.88. The summed E-state index contributed by atoms with van der Waals surface area (Å²) in [4.78, 5) is 23.8. The van der Waals surface area contributed by atoms with E-state index in [0.717, 1.165) is 11.1 Å².